The summed E-state index contributed by atoms with van der Waals surface area (Å²) in [6.45, 7) is 0.187. The van der Waals surface area contributed by atoms with Gasteiger partial charge in [-0.05, 0) is 60.2 Å². The summed E-state index contributed by atoms with van der Waals surface area (Å²) in [6, 6.07) is 29.1. The number of amides is 3. The number of para-hydroxylation sites is 2. The zero-order chi connectivity index (χ0) is 24.6. The van der Waals surface area contributed by atoms with Gasteiger partial charge < -0.3 is 10.3 Å². The molecule has 4 aromatic carbocycles. The van der Waals surface area contributed by atoms with Gasteiger partial charge in [-0.1, -0.05) is 42.5 Å². The van der Waals surface area contributed by atoms with Gasteiger partial charge in [-0.25, -0.2) is 4.98 Å². The molecule has 1 aliphatic heterocycles. The van der Waals surface area contributed by atoms with E-state index in [0.29, 0.717) is 16.8 Å². The number of imidazole rings is 1. The number of aromatic amines is 1. The zero-order valence-electron chi connectivity index (χ0n) is 19.1. The molecule has 0 saturated heterocycles. The molecule has 174 valence electrons. The summed E-state index contributed by atoms with van der Waals surface area (Å²) in [5.74, 6) is -0.373. The van der Waals surface area contributed by atoms with Gasteiger partial charge in [-0.15, -0.1) is 0 Å². The maximum absolute atomic E-state index is 12.9. The summed E-state index contributed by atoms with van der Waals surface area (Å²) in [7, 11) is 0. The van der Waals surface area contributed by atoms with Crippen LogP contribution in [0.5, 0.6) is 0 Å². The van der Waals surface area contributed by atoms with E-state index in [4.69, 9.17) is 0 Å². The number of hydrogen-bond acceptors (Lipinski definition) is 4. The molecular weight excluding hydrogens is 452 g/mol. The molecule has 5 aromatic rings. The number of nitrogens with zero attached hydrogens (tertiary/aromatic N) is 2. The van der Waals surface area contributed by atoms with Gasteiger partial charge >= 0.3 is 0 Å². The SMILES string of the molecule is O=C(Nc1ccc(-c2nc3ccccc3[nH]2)cc1)c1ccc2c(c1)C(=O)N(Cc1ccccc1)C2=O. The third kappa shape index (κ3) is 3.82. The van der Waals surface area contributed by atoms with E-state index in [1.807, 2.05) is 66.7 Å². The fourth-order valence-electron chi connectivity index (χ4n) is 4.35. The predicted octanol–water partition coefficient (Wildman–Crippen LogP) is 5.28. The summed E-state index contributed by atoms with van der Waals surface area (Å²) in [6.07, 6.45) is 0. The second-order valence-corrected chi connectivity index (χ2v) is 8.58. The van der Waals surface area contributed by atoms with Crippen molar-refractivity contribution < 1.29 is 14.4 Å². The molecule has 1 aromatic heterocycles. The van der Waals surface area contributed by atoms with E-state index in [9.17, 15) is 14.4 Å². The molecule has 3 amide bonds. The van der Waals surface area contributed by atoms with Crippen molar-refractivity contribution in [3.63, 3.8) is 0 Å². The number of imide groups is 1. The molecule has 0 spiro atoms. The molecule has 36 heavy (non-hydrogen) atoms. The first kappa shape index (κ1) is 21.5. The molecule has 7 nitrogen and oxygen atoms in total. The van der Waals surface area contributed by atoms with E-state index in [-0.39, 0.29) is 23.9 Å². The van der Waals surface area contributed by atoms with Gasteiger partial charge in [0.15, 0.2) is 0 Å². The monoisotopic (exact) mass is 472 g/mol. The number of rotatable bonds is 5. The Morgan fingerprint density at radius 3 is 2.31 bits per heavy atom. The molecule has 0 saturated carbocycles. The van der Waals surface area contributed by atoms with Gasteiger partial charge in [-0.3, -0.25) is 19.3 Å². The highest BCUT2D eigenvalue weighted by Crippen LogP contribution is 2.27. The van der Waals surface area contributed by atoms with Gasteiger partial charge in [0.2, 0.25) is 0 Å². The van der Waals surface area contributed by atoms with Gasteiger partial charge in [0.1, 0.15) is 5.82 Å². The van der Waals surface area contributed by atoms with Crippen LogP contribution in [0.25, 0.3) is 22.4 Å². The molecular formula is C29H20N4O3. The first-order valence-electron chi connectivity index (χ1n) is 11.5. The Morgan fingerprint density at radius 1 is 0.806 bits per heavy atom. The van der Waals surface area contributed by atoms with Crippen LogP contribution in [0.3, 0.4) is 0 Å². The van der Waals surface area contributed by atoms with E-state index >= 15 is 0 Å². The molecule has 0 atom stereocenters. The van der Waals surface area contributed by atoms with E-state index in [1.54, 1.807) is 24.3 Å². The quantitative estimate of drug-likeness (QED) is 0.340. The van der Waals surface area contributed by atoms with E-state index in [0.717, 1.165) is 28.0 Å². The van der Waals surface area contributed by atoms with Crippen molar-refractivity contribution in [3.05, 3.63) is 119 Å². The third-order valence-electron chi connectivity index (χ3n) is 6.22. The molecule has 0 fully saturated rings. The Balaban J connectivity index is 1.18. The van der Waals surface area contributed by atoms with Crippen LogP contribution < -0.4 is 5.32 Å². The maximum atomic E-state index is 12.9. The minimum Gasteiger partial charge on any atom is -0.338 e. The highest BCUT2D eigenvalue weighted by atomic mass is 16.2. The van der Waals surface area contributed by atoms with Crippen LogP contribution in [-0.4, -0.2) is 32.6 Å². The summed E-state index contributed by atoms with van der Waals surface area (Å²) in [5.41, 5.74) is 5.05. The number of nitrogens with one attached hydrogen (secondary N) is 2. The van der Waals surface area contributed by atoms with Crippen LogP contribution in [-0.2, 0) is 6.54 Å². The lowest BCUT2D eigenvalue weighted by Gasteiger charge is -2.13. The van der Waals surface area contributed by atoms with Gasteiger partial charge in [0.05, 0.1) is 28.7 Å². The van der Waals surface area contributed by atoms with Crippen LogP contribution in [0.15, 0.2) is 97.1 Å². The van der Waals surface area contributed by atoms with Crippen molar-refractivity contribution in [2.75, 3.05) is 5.32 Å². The zero-order valence-corrected chi connectivity index (χ0v) is 19.1. The molecule has 6 rings (SSSR count). The molecule has 1 aliphatic rings. The Labute approximate surface area is 206 Å². The van der Waals surface area contributed by atoms with Crippen molar-refractivity contribution in [2.45, 2.75) is 6.54 Å². The number of carbonyl (C=O) groups is 3. The molecule has 0 aliphatic carbocycles. The molecule has 0 radical (unpaired) electrons. The predicted molar refractivity (Wildman–Crippen MR) is 137 cm³/mol. The number of anilines is 1. The molecule has 2 N–H and O–H groups in total. The average molecular weight is 473 g/mol. The Bertz CT molecular complexity index is 1610. The maximum Gasteiger partial charge on any atom is 0.261 e. The number of carbonyl (C=O) groups excluding carboxylic acids is 3. The summed E-state index contributed by atoms with van der Waals surface area (Å²) in [5, 5.41) is 2.85. The molecule has 0 bridgehead atoms. The fraction of sp³-hybridized carbons (Fsp3) is 0.0345. The third-order valence-corrected chi connectivity index (χ3v) is 6.22. The number of benzene rings is 4. The first-order chi connectivity index (χ1) is 17.6. The second kappa shape index (κ2) is 8.63. The Kier molecular flexibility index (Phi) is 5.15. The van der Waals surface area contributed by atoms with Crippen LogP contribution in [0.4, 0.5) is 5.69 Å². The molecule has 0 unspecified atom stereocenters. The molecule has 7 heteroatoms. The standard InChI is InChI=1S/C29H20N4O3/c34-27(30-21-13-10-19(11-14-21)26-31-24-8-4-5-9-25(24)32-26)20-12-15-22-23(16-20)29(36)33(28(22)35)17-18-6-2-1-3-7-18/h1-16H,17H2,(H,30,34)(H,31,32). The lowest BCUT2D eigenvalue weighted by atomic mass is 10.1. The Hall–Kier alpha value is -5.04. The van der Waals surface area contributed by atoms with E-state index < -0.39 is 5.91 Å². The molecule has 2 heterocycles. The van der Waals surface area contributed by atoms with Crippen molar-refractivity contribution >= 4 is 34.4 Å². The minimum atomic E-state index is -0.399. The van der Waals surface area contributed by atoms with E-state index in [1.165, 1.54) is 11.0 Å². The first-order valence-corrected chi connectivity index (χ1v) is 11.5. The van der Waals surface area contributed by atoms with Crippen LogP contribution in [0.1, 0.15) is 36.6 Å². The average Bonchev–Trinajstić information content (AvgIpc) is 3.45. The number of hydrogen-bond donors (Lipinski definition) is 2. The van der Waals surface area contributed by atoms with Crippen molar-refractivity contribution in [3.8, 4) is 11.4 Å². The van der Waals surface area contributed by atoms with Crippen LogP contribution in [0.2, 0.25) is 0 Å². The van der Waals surface area contributed by atoms with Crippen LogP contribution >= 0.6 is 0 Å². The van der Waals surface area contributed by atoms with Crippen molar-refractivity contribution in [1.29, 1.82) is 0 Å². The number of fused-ring (bicyclic) bond motifs is 2. The smallest absolute Gasteiger partial charge is 0.261 e. The second-order valence-electron chi connectivity index (χ2n) is 8.58. The highest BCUT2D eigenvalue weighted by molar-refractivity contribution is 6.22. The topological polar surface area (TPSA) is 95.2 Å². The number of aromatic nitrogens is 2. The summed E-state index contributed by atoms with van der Waals surface area (Å²) in [4.78, 5) is 47.7. The summed E-state index contributed by atoms with van der Waals surface area (Å²) >= 11 is 0. The largest absolute Gasteiger partial charge is 0.338 e. The van der Waals surface area contributed by atoms with Crippen molar-refractivity contribution in [1.82, 2.24) is 14.9 Å². The van der Waals surface area contributed by atoms with Crippen molar-refractivity contribution in [2.24, 2.45) is 0 Å². The fourth-order valence-corrected chi connectivity index (χ4v) is 4.35. The highest BCUT2D eigenvalue weighted by Gasteiger charge is 2.36. The number of H-pyrrole nitrogens is 1. The lowest BCUT2D eigenvalue weighted by molar-refractivity contribution is 0.0642. The summed E-state index contributed by atoms with van der Waals surface area (Å²) < 4.78 is 0. The lowest BCUT2D eigenvalue weighted by Crippen LogP contribution is -2.29. The van der Waals surface area contributed by atoms with Gasteiger partial charge in [0, 0.05) is 16.8 Å². The van der Waals surface area contributed by atoms with Gasteiger partial charge in [-0.2, -0.15) is 0 Å². The normalized spacial score (nSPS) is 12.7. The van der Waals surface area contributed by atoms with Crippen LogP contribution in [0, 0.1) is 0 Å². The minimum absolute atomic E-state index is 0.187. The van der Waals surface area contributed by atoms with Gasteiger partial charge in [0.25, 0.3) is 17.7 Å². The van der Waals surface area contributed by atoms with E-state index in [2.05, 4.69) is 15.3 Å². The Morgan fingerprint density at radius 2 is 1.53 bits per heavy atom.